The molecule has 0 saturated carbocycles. The van der Waals surface area contributed by atoms with Gasteiger partial charge in [-0.05, 0) is 39.7 Å². The minimum Gasteiger partial charge on any atom is -0.460 e. The van der Waals surface area contributed by atoms with Crippen molar-refractivity contribution in [3.8, 4) is 0 Å². The zero-order valence-corrected chi connectivity index (χ0v) is 16.8. The van der Waals surface area contributed by atoms with E-state index in [1.807, 2.05) is 44.2 Å². The fraction of sp³-hybridized carbons (Fsp3) is 0.619. The quantitative estimate of drug-likeness (QED) is 0.606. The second-order valence-corrected chi connectivity index (χ2v) is 7.54. The van der Waals surface area contributed by atoms with Gasteiger partial charge in [0, 0.05) is 6.61 Å². The summed E-state index contributed by atoms with van der Waals surface area (Å²) in [5, 5.41) is 0. The van der Waals surface area contributed by atoms with E-state index in [1.54, 1.807) is 27.7 Å². The lowest BCUT2D eigenvalue weighted by atomic mass is 10.0. The Bertz CT molecular complexity index is 562. The summed E-state index contributed by atoms with van der Waals surface area (Å²) in [5.74, 6) is -1.41. The van der Waals surface area contributed by atoms with Crippen molar-refractivity contribution in [2.75, 3.05) is 6.61 Å². The molecule has 0 amide bonds. The Balaban J connectivity index is 2.68. The molecule has 0 bridgehead atoms. The Hall–Kier alpha value is -1.88. The first-order valence-electron chi connectivity index (χ1n) is 9.23. The Kier molecular flexibility index (Phi) is 8.79. The maximum absolute atomic E-state index is 12.4. The highest BCUT2D eigenvalue weighted by Gasteiger charge is 2.28. The third-order valence-corrected chi connectivity index (χ3v) is 3.65. The summed E-state index contributed by atoms with van der Waals surface area (Å²) in [6.07, 6.45) is 0.0691. The average molecular weight is 364 g/mol. The Morgan fingerprint density at radius 1 is 1.08 bits per heavy atom. The fourth-order valence-corrected chi connectivity index (χ4v) is 2.47. The summed E-state index contributed by atoms with van der Waals surface area (Å²) in [6, 6.07) is 9.69. The van der Waals surface area contributed by atoms with Crippen LogP contribution in [0.25, 0.3) is 0 Å². The largest absolute Gasteiger partial charge is 0.460 e. The van der Waals surface area contributed by atoms with Crippen molar-refractivity contribution in [2.45, 2.75) is 72.2 Å². The van der Waals surface area contributed by atoms with Gasteiger partial charge in [0.2, 0.25) is 0 Å². The molecule has 0 unspecified atom stereocenters. The van der Waals surface area contributed by atoms with E-state index in [1.165, 1.54) is 0 Å². The van der Waals surface area contributed by atoms with Crippen LogP contribution in [0.4, 0.5) is 0 Å². The van der Waals surface area contributed by atoms with Gasteiger partial charge in [-0.15, -0.1) is 0 Å². The van der Waals surface area contributed by atoms with E-state index in [0.717, 1.165) is 12.0 Å². The molecule has 0 aliphatic carbocycles. The van der Waals surface area contributed by atoms with Crippen LogP contribution in [0.15, 0.2) is 30.3 Å². The van der Waals surface area contributed by atoms with Crippen molar-refractivity contribution < 1.29 is 23.8 Å². The number of hydrogen-bond acceptors (Lipinski definition) is 5. The molecule has 1 aromatic rings. The molecule has 0 aromatic heterocycles. The second kappa shape index (κ2) is 10.3. The molecule has 1 aromatic carbocycles. The Labute approximate surface area is 157 Å². The fourth-order valence-electron chi connectivity index (χ4n) is 2.47. The molecular weight excluding hydrogens is 332 g/mol. The SMILES string of the molecule is CCCO[C@H](c1ccccc1)[C@H](C)OC(=O)[C@H](C)CC(=O)OC(C)(C)C. The van der Waals surface area contributed by atoms with E-state index in [0.29, 0.717) is 6.61 Å². The maximum Gasteiger partial charge on any atom is 0.309 e. The van der Waals surface area contributed by atoms with Gasteiger partial charge in [0.25, 0.3) is 0 Å². The second-order valence-electron chi connectivity index (χ2n) is 7.54. The molecule has 26 heavy (non-hydrogen) atoms. The van der Waals surface area contributed by atoms with Crippen LogP contribution in [0.5, 0.6) is 0 Å². The molecule has 0 saturated heterocycles. The van der Waals surface area contributed by atoms with Gasteiger partial charge in [-0.1, -0.05) is 44.2 Å². The highest BCUT2D eigenvalue weighted by Crippen LogP contribution is 2.25. The zero-order chi connectivity index (χ0) is 19.7. The molecule has 146 valence electrons. The van der Waals surface area contributed by atoms with Crippen LogP contribution in [0, 0.1) is 5.92 Å². The lowest BCUT2D eigenvalue weighted by Crippen LogP contribution is -2.30. The average Bonchev–Trinajstić information content (AvgIpc) is 2.54. The standard InChI is InChI=1S/C21H32O5/c1-7-13-24-19(17-11-9-8-10-12-17)16(3)25-20(23)15(2)14-18(22)26-21(4,5)6/h8-12,15-16,19H,7,13-14H2,1-6H3/t15-,16+,19+/m1/s1. The van der Waals surface area contributed by atoms with Crippen molar-refractivity contribution >= 4 is 11.9 Å². The Morgan fingerprint density at radius 2 is 1.69 bits per heavy atom. The molecule has 0 radical (unpaired) electrons. The molecule has 0 N–H and O–H groups in total. The number of benzene rings is 1. The van der Waals surface area contributed by atoms with Gasteiger partial charge in [0.05, 0.1) is 12.3 Å². The van der Waals surface area contributed by atoms with E-state index >= 15 is 0 Å². The summed E-state index contributed by atoms with van der Waals surface area (Å²) in [4.78, 5) is 24.3. The van der Waals surface area contributed by atoms with Crippen LogP contribution in [0.1, 0.15) is 66.1 Å². The normalized spacial score (nSPS) is 15.0. The van der Waals surface area contributed by atoms with Gasteiger partial charge in [-0.2, -0.15) is 0 Å². The zero-order valence-electron chi connectivity index (χ0n) is 16.8. The van der Waals surface area contributed by atoms with E-state index in [-0.39, 0.29) is 12.5 Å². The topological polar surface area (TPSA) is 61.8 Å². The molecule has 0 heterocycles. The number of hydrogen-bond donors (Lipinski definition) is 0. The van der Waals surface area contributed by atoms with Crippen molar-refractivity contribution in [3.05, 3.63) is 35.9 Å². The van der Waals surface area contributed by atoms with Crippen molar-refractivity contribution in [2.24, 2.45) is 5.92 Å². The summed E-state index contributed by atoms with van der Waals surface area (Å²) in [5.41, 5.74) is 0.390. The lowest BCUT2D eigenvalue weighted by molar-refractivity contribution is -0.167. The van der Waals surface area contributed by atoms with Crippen molar-refractivity contribution in [1.29, 1.82) is 0 Å². The van der Waals surface area contributed by atoms with Gasteiger partial charge in [0.1, 0.15) is 17.8 Å². The summed E-state index contributed by atoms with van der Waals surface area (Å²) in [7, 11) is 0. The van der Waals surface area contributed by atoms with E-state index in [4.69, 9.17) is 14.2 Å². The monoisotopic (exact) mass is 364 g/mol. The first-order valence-corrected chi connectivity index (χ1v) is 9.23. The maximum atomic E-state index is 12.4. The number of ether oxygens (including phenoxy) is 3. The molecule has 3 atom stereocenters. The third kappa shape index (κ3) is 8.00. The minimum atomic E-state index is -0.574. The molecule has 5 nitrogen and oxygen atoms in total. The van der Waals surface area contributed by atoms with Gasteiger partial charge in [-0.25, -0.2) is 0 Å². The molecule has 0 aliphatic rings. The van der Waals surface area contributed by atoms with E-state index < -0.39 is 29.6 Å². The summed E-state index contributed by atoms with van der Waals surface area (Å²) >= 11 is 0. The third-order valence-electron chi connectivity index (χ3n) is 3.65. The van der Waals surface area contributed by atoms with Crippen LogP contribution in [0.2, 0.25) is 0 Å². The van der Waals surface area contributed by atoms with E-state index in [2.05, 4.69) is 0 Å². The first kappa shape index (κ1) is 22.2. The van der Waals surface area contributed by atoms with Gasteiger partial charge in [0.15, 0.2) is 0 Å². The number of rotatable bonds is 9. The van der Waals surface area contributed by atoms with Crippen LogP contribution >= 0.6 is 0 Å². The van der Waals surface area contributed by atoms with Crippen molar-refractivity contribution in [1.82, 2.24) is 0 Å². The minimum absolute atomic E-state index is 0.00531. The number of carbonyl (C=O) groups is 2. The molecule has 0 fully saturated rings. The van der Waals surface area contributed by atoms with Crippen LogP contribution < -0.4 is 0 Å². The highest BCUT2D eigenvalue weighted by atomic mass is 16.6. The summed E-state index contributed by atoms with van der Waals surface area (Å²) in [6.45, 7) is 11.5. The Morgan fingerprint density at radius 3 is 2.23 bits per heavy atom. The number of carbonyl (C=O) groups excluding carboxylic acids is 2. The van der Waals surface area contributed by atoms with Crippen LogP contribution in [-0.4, -0.2) is 30.3 Å². The predicted octanol–water partition coefficient (Wildman–Crippen LogP) is 4.45. The molecule has 1 rings (SSSR count). The summed E-state index contributed by atoms with van der Waals surface area (Å²) < 4.78 is 16.7. The predicted molar refractivity (Wildman–Crippen MR) is 101 cm³/mol. The van der Waals surface area contributed by atoms with Gasteiger partial charge < -0.3 is 14.2 Å². The van der Waals surface area contributed by atoms with Crippen molar-refractivity contribution in [3.63, 3.8) is 0 Å². The van der Waals surface area contributed by atoms with Crippen LogP contribution in [0.3, 0.4) is 0 Å². The molecule has 0 aliphatic heterocycles. The van der Waals surface area contributed by atoms with Gasteiger partial charge in [-0.3, -0.25) is 9.59 Å². The molecule has 0 spiro atoms. The molecule has 5 heteroatoms. The van der Waals surface area contributed by atoms with Crippen LogP contribution in [-0.2, 0) is 23.8 Å². The smallest absolute Gasteiger partial charge is 0.309 e. The first-order chi connectivity index (χ1) is 12.1. The highest BCUT2D eigenvalue weighted by molar-refractivity contribution is 5.79. The van der Waals surface area contributed by atoms with Gasteiger partial charge >= 0.3 is 11.9 Å². The lowest BCUT2D eigenvalue weighted by Gasteiger charge is -2.26. The van der Waals surface area contributed by atoms with E-state index in [9.17, 15) is 9.59 Å². The molecular formula is C21H32O5. The number of esters is 2.